The summed E-state index contributed by atoms with van der Waals surface area (Å²) in [5.41, 5.74) is 7.20. The van der Waals surface area contributed by atoms with Crippen molar-refractivity contribution in [3.05, 3.63) is 28.8 Å². The lowest BCUT2D eigenvalue weighted by Crippen LogP contribution is -2.33. The highest BCUT2D eigenvalue weighted by Gasteiger charge is 2.34. The van der Waals surface area contributed by atoms with Crippen LogP contribution in [0, 0.1) is 0 Å². The van der Waals surface area contributed by atoms with E-state index in [4.69, 9.17) is 22.1 Å². The summed E-state index contributed by atoms with van der Waals surface area (Å²) in [5, 5.41) is 0.645. The Morgan fingerprint density at radius 1 is 1.33 bits per heavy atom. The van der Waals surface area contributed by atoms with Gasteiger partial charge in [0.05, 0.1) is 12.1 Å². The van der Waals surface area contributed by atoms with Crippen LogP contribution in [-0.4, -0.2) is 7.11 Å². The second kappa shape index (κ2) is 4.03. The minimum Gasteiger partial charge on any atom is -0.495 e. The highest BCUT2D eigenvalue weighted by molar-refractivity contribution is 6.32. The number of nitrogens with two attached hydrogens (primary N) is 1. The number of hydrogen-bond donors (Lipinski definition) is 1. The van der Waals surface area contributed by atoms with E-state index in [1.54, 1.807) is 7.11 Å². The van der Waals surface area contributed by atoms with Gasteiger partial charge in [0.1, 0.15) is 5.75 Å². The first-order valence-electron chi connectivity index (χ1n) is 5.29. The van der Waals surface area contributed by atoms with Crippen molar-refractivity contribution in [2.75, 3.05) is 7.11 Å². The Bertz CT molecular complexity index is 359. The number of rotatable bonds is 2. The van der Waals surface area contributed by atoms with Crippen molar-refractivity contribution < 1.29 is 4.74 Å². The maximum Gasteiger partial charge on any atom is 0.142 e. The average molecular weight is 226 g/mol. The average Bonchev–Trinajstić information content (AvgIpc) is 2.66. The van der Waals surface area contributed by atoms with Crippen LogP contribution in [0.15, 0.2) is 18.2 Å². The molecule has 1 aromatic rings. The summed E-state index contributed by atoms with van der Waals surface area (Å²) in [6.45, 7) is 0. The first kappa shape index (κ1) is 10.8. The van der Waals surface area contributed by atoms with Gasteiger partial charge >= 0.3 is 0 Å². The van der Waals surface area contributed by atoms with E-state index in [2.05, 4.69) is 0 Å². The van der Waals surface area contributed by atoms with Gasteiger partial charge in [0.2, 0.25) is 0 Å². The zero-order valence-electron chi connectivity index (χ0n) is 8.92. The summed E-state index contributed by atoms with van der Waals surface area (Å²) in [5.74, 6) is 0.739. The second-order valence-electron chi connectivity index (χ2n) is 4.18. The molecule has 0 atom stereocenters. The van der Waals surface area contributed by atoms with Crippen molar-refractivity contribution in [1.82, 2.24) is 0 Å². The van der Waals surface area contributed by atoms with E-state index in [9.17, 15) is 0 Å². The molecule has 0 amide bonds. The van der Waals surface area contributed by atoms with Gasteiger partial charge in [0.15, 0.2) is 0 Å². The van der Waals surface area contributed by atoms with E-state index >= 15 is 0 Å². The fraction of sp³-hybridized carbons (Fsp3) is 0.500. The molecule has 0 spiro atoms. The van der Waals surface area contributed by atoms with Crippen LogP contribution in [0.1, 0.15) is 31.2 Å². The van der Waals surface area contributed by atoms with Crippen molar-refractivity contribution in [2.45, 2.75) is 31.2 Å². The number of halogens is 1. The Kier molecular flexibility index (Phi) is 2.89. The van der Waals surface area contributed by atoms with Crippen molar-refractivity contribution in [3.63, 3.8) is 0 Å². The van der Waals surface area contributed by atoms with Gasteiger partial charge in [0, 0.05) is 11.1 Å². The van der Waals surface area contributed by atoms with Crippen LogP contribution in [0.5, 0.6) is 5.75 Å². The third kappa shape index (κ3) is 1.84. The monoisotopic (exact) mass is 225 g/mol. The highest BCUT2D eigenvalue weighted by atomic mass is 35.5. The van der Waals surface area contributed by atoms with E-state index in [0.29, 0.717) is 5.02 Å². The van der Waals surface area contributed by atoms with E-state index in [1.807, 2.05) is 18.2 Å². The van der Waals surface area contributed by atoms with Gasteiger partial charge in [-0.2, -0.15) is 0 Å². The smallest absolute Gasteiger partial charge is 0.142 e. The number of ether oxygens (including phenoxy) is 1. The molecule has 0 aliphatic heterocycles. The summed E-state index contributed by atoms with van der Waals surface area (Å²) >= 11 is 6.09. The van der Waals surface area contributed by atoms with Crippen molar-refractivity contribution in [3.8, 4) is 5.75 Å². The summed E-state index contributed by atoms with van der Waals surface area (Å²) in [6, 6.07) is 5.80. The van der Waals surface area contributed by atoms with Crippen LogP contribution in [0.4, 0.5) is 0 Å². The largest absolute Gasteiger partial charge is 0.495 e. The third-order valence-corrected chi connectivity index (χ3v) is 3.50. The molecule has 2 rings (SSSR count). The zero-order valence-corrected chi connectivity index (χ0v) is 9.68. The predicted octanol–water partition coefficient (Wildman–Crippen LogP) is 3.08. The molecule has 1 saturated carbocycles. The van der Waals surface area contributed by atoms with Crippen LogP contribution in [0.2, 0.25) is 5.02 Å². The summed E-state index contributed by atoms with van der Waals surface area (Å²) in [6.07, 6.45) is 4.41. The van der Waals surface area contributed by atoms with Gasteiger partial charge in [-0.15, -0.1) is 0 Å². The molecule has 0 radical (unpaired) electrons. The van der Waals surface area contributed by atoms with Crippen molar-refractivity contribution in [2.24, 2.45) is 5.73 Å². The quantitative estimate of drug-likeness (QED) is 0.840. The Morgan fingerprint density at radius 2 is 2.00 bits per heavy atom. The van der Waals surface area contributed by atoms with Crippen LogP contribution in [-0.2, 0) is 5.54 Å². The highest BCUT2D eigenvalue weighted by Crippen LogP contribution is 2.42. The van der Waals surface area contributed by atoms with Gasteiger partial charge < -0.3 is 10.5 Å². The topological polar surface area (TPSA) is 35.2 Å². The van der Waals surface area contributed by atoms with Crippen molar-refractivity contribution >= 4 is 11.6 Å². The van der Waals surface area contributed by atoms with Crippen molar-refractivity contribution in [1.29, 1.82) is 0 Å². The Hall–Kier alpha value is -0.730. The van der Waals surface area contributed by atoms with E-state index in [1.165, 1.54) is 12.8 Å². The lowest BCUT2D eigenvalue weighted by atomic mass is 9.89. The lowest BCUT2D eigenvalue weighted by Gasteiger charge is -2.26. The maximum atomic E-state index is 6.39. The van der Waals surface area contributed by atoms with Gasteiger partial charge in [-0.25, -0.2) is 0 Å². The van der Waals surface area contributed by atoms with Crippen LogP contribution < -0.4 is 10.5 Å². The number of methoxy groups -OCH3 is 1. The molecule has 15 heavy (non-hydrogen) atoms. The molecule has 3 heteroatoms. The third-order valence-electron chi connectivity index (χ3n) is 3.20. The number of hydrogen-bond acceptors (Lipinski definition) is 2. The van der Waals surface area contributed by atoms with E-state index in [0.717, 1.165) is 24.2 Å². The molecular formula is C12H16ClNO. The van der Waals surface area contributed by atoms with Gasteiger partial charge in [0.25, 0.3) is 0 Å². The summed E-state index contributed by atoms with van der Waals surface area (Å²) in [7, 11) is 1.64. The SMILES string of the molecule is COc1c(Cl)cccc1C1(N)CCCC1. The molecule has 1 aromatic carbocycles. The fourth-order valence-corrected chi connectivity index (χ4v) is 2.64. The Labute approximate surface area is 95.4 Å². The van der Waals surface area contributed by atoms with E-state index < -0.39 is 0 Å². The molecule has 1 fully saturated rings. The standard InChI is InChI=1S/C12H16ClNO/c1-15-11-9(5-4-6-10(11)13)12(14)7-2-3-8-12/h4-6H,2-3,7-8,14H2,1H3. The van der Waals surface area contributed by atoms with Crippen LogP contribution in [0.25, 0.3) is 0 Å². The van der Waals surface area contributed by atoms with Gasteiger partial charge in [-0.1, -0.05) is 36.6 Å². The molecule has 0 aromatic heterocycles. The summed E-state index contributed by atoms with van der Waals surface area (Å²) < 4.78 is 5.34. The molecule has 0 unspecified atom stereocenters. The molecule has 2 N–H and O–H groups in total. The first-order valence-corrected chi connectivity index (χ1v) is 5.67. The molecule has 1 aliphatic rings. The Morgan fingerprint density at radius 3 is 2.60 bits per heavy atom. The number of benzene rings is 1. The maximum absolute atomic E-state index is 6.39. The zero-order chi connectivity index (χ0) is 10.9. The molecular weight excluding hydrogens is 210 g/mol. The lowest BCUT2D eigenvalue weighted by molar-refractivity contribution is 0.379. The molecule has 0 bridgehead atoms. The first-order chi connectivity index (χ1) is 7.17. The van der Waals surface area contributed by atoms with Gasteiger partial charge in [-0.05, 0) is 18.9 Å². The summed E-state index contributed by atoms with van der Waals surface area (Å²) in [4.78, 5) is 0. The predicted molar refractivity (Wildman–Crippen MR) is 62.3 cm³/mol. The van der Waals surface area contributed by atoms with E-state index in [-0.39, 0.29) is 5.54 Å². The molecule has 0 heterocycles. The molecule has 82 valence electrons. The normalized spacial score (nSPS) is 19.1. The molecule has 0 saturated heterocycles. The molecule has 2 nitrogen and oxygen atoms in total. The van der Waals surface area contributed by atoms with Crippen LogP contribution >= 0.6 is 11.6 Å². The second-order valence-corrected chi connectivity index (χ2v) is 4.59. The Balaban J connectivity index is 2.47. The minimum atomic E-state index is -0.240. The number of para-hydroxylation sites is 1. The van der Waals surface area contributed by atoms with Gasteiger partial charge in [-0.3, -0.25) is 0 Å². The fourth-order valence-electron chi connectivity index (χ4n) is 2.38. The molecule has 1 aliphatic carbocycles. The minimum absolute atomic E-state index is 0.240. The van der Waals surface area contributed by atoms with Crippen LogP contribution in [0.3, 0.4) is 0 Å².